The largest absolute Gasteiger partial charge is 0.478 e. The lowest BCUT2D eigenvalue weighted by Crippen LogP contribution is -2.19. The highest BCUT2D eigenvalue weighted by atomic mass is 127. The van der Waals surface area contributed by atoms with E-state index in [4.69, 9.17) is 14.6 Å². The molecule has 1 N–H and O–H groups in total. The van der Waals surface area contributed by atoms with Crippen molar-refractivity contribution in [1.82, 2.24) is 0 Å². The maximum Gasteiger partial charge on any atom is 0.335 e. The zero-order chi connectivity index (χ0) is 16.2. The molecule has 8 heteroatoms. The first-order valence-corrected chi connectivity index (χ1v) is 8.29. The third-order valence-corrected chi connectivity index (χ3v) is 3.23. The van der Waals surface area contributed by atoms with Crippen molar-refractivity contribution in [2.45, 2.75) is 21.7 Å². The van der Waals surface area contributed by atoms with E-state index in [1.165, 1.54) is 18.2 Å². The van der Waals surface area contributed by atoms with Crippen LogP contribution in [-0.2, 0) is 9.59 Å². The topological polar surface area (TPSA) is 89.9 Å². The molecule has 21 heavy (non-hydrogen) atoms. The molecule has 2 atom stereocenters. The maximum atomic E-state index is 11.5. The number of aromatic carboxylic acids is 1. The highest BCUT2D eigenvalue weighted by Crippen LogP contribution is 2.25. The average Bonchev–Trinajstić information content (AvgIpc) is 2.37. The van der Waals surface area contributed by atoms with Crippen LogP contribution in [0.2, 0.25) is 0 Å². The van der Waals surface area contributed by atoms with Gasteiger partial charge in [0.25, 0.3) is 0 Å². The van der Waals surface area contributed by atoms with Gasteiger partial charge in [0.05, 0.1) is 5.56 Å². The third-order valence-electron chi connectivity index (χ3n) is 2.21. The van der Waals surface area contributed by atoms with E-state index in [9.17, 15) is 14.4 Å². The number of benzene rings is 1. The molecule has 0 fully saturated rings. The van der Waals surface area contributed by atoms with Gasteiger partial charge in [-0.25, -0.2) is 4.79 Å². The highest BCUT2D eigenvalue weighted by Gasteiger charge is 2.17. The first kappa shape index (κ1) is 18.1. The number of rotatable bonds is 5. The zero-order valence-corrected chi connectivity index (χ0v) is 15.4. The molecule has 2 unspecified atom stereocenters. The lowest BCUT2D eigenvalue weighted by Gasteiger charge is -2.10. The van der Waals surface area contributed by atoms with Crippen molar-refractivity contribution in [2.24, 2.45) is 0 Å². The monoisotopic (exact) mass is 518 g/mol. The molecule has 1 aromatic carbocycles. The standard InChI is InChI=1S/C13H12I2O6/c1-6(14)12(18)20-9-3-8(11(16)17)4-10(5-9)21-13(19)7(2)15/h3-7H,1-2H3,(H,16,17). The van der Waals surface area contributed by atoms with Crippen LogP contribution in [0.25, 0.3) is 0 Å². The van der Waals surface area contributed by atoms with Crippen molar-refractivity contribution in [3.8, 4) is 11.5 Å². The first-order valence-electron chi connectivity index (χ1n) is 5.80. The highest BCUT2D eigenvalue weighted by molar-refractivity contribution is 14.1. The van der Waals surface area contributed by atoms with Crippen molar-refractivity contribution < 1.29 is 29.0 Å². The summed E-state index contributed by atoms with van der Waals surface area (Å²) < 4.78 is 9.31. The van der Waals surface area contributed by atoms with Crippen LogP contribution in [0.5, 0.6) is 11.5 Å². The second-order valence-electron chi connectivity index (χ2n) is 4.07. The molecule has 0 bridgehead atoms. The Hall–Kier alpha value is -0.910. The van der Waals surface area contributed by atoms with E-state index in [1.54, 1.807) is 13.8 Å². The Morgan fingerprint density at radius 1 is 0.952 bits per heavy atom. The van der Waals surface area contributed by atoms with Gasteiger partial charge in [-0.1, -0.05) is 45.2 Å². The van der Waals surface area contributed by atoms with Crippen LogP contribution in [0.15, 0.2) is 18.2 Å². The molecule has 114 valence electrons. The van der Waals surface area contributed by atoms with E-state index >= 15 is 0 Å². The summed E-state index contributed by atoms with van der Waals surface area (Å²) in [7, 11) is 0. The fourth-order valence-corrected chi connectivity index (χ4v) is 1.46. The number of carboxylic acids is 1. The molecule has 0 heterocycles. The Labute approximate surface area is 148 Å². The van der Waals surface area contributed by atoms with Gasteiger partial charge in [0.1, 0.15) is 19.3 Å². The number of alkyl halides is 2. The van der Waals surface area contributed by atoms with Crippen molar-refractivity contribution >= 4 is 63.1 Å². The van der Waals surface area contributed by atoms with Crippen molar-refractivity contribution in [3.05, 3.63) is 23.8 Å². The van der Waals surface area contributed by atoms with Crippen molar-refractivity contribution in [1.29, 1.82) is 0 Å². The fourth-order valence-electron chi connectivity index (χ4n) is 1.21. The second-order valence-corrected chi connectivity index (χ2v) is 7.81. The number of halogens is 2. The summed E-state index contributed by atoms with van der Waals surface area (Å²) in [6, 6.07) is 3.70. The van der Waals surface area contributed by atoms with Gasteiger partial charge >= 0.3 is 17.9 Å². The molecule has 0 aliphatic rings. The third kappa shape index (κ3) is 5.77. The fraction of sp³-hybridized carbons (Fsp3) is 0.308. The minimum atomic E-state index is -1.21. The van der Waals surface area contributed by atoms with Crippen LogP contribution in [0, 0.1) is 0 Å². The Kier molecular flexibility index (Phi) is 6.84. The number of hydrogen-bond donors (Lipinski definition) is 1. The Bertz CT molecular complexity index is 528. The Morgan fingerprint density at radius 2 is 1.33 bits per heavy atom. The van der Waals surface area contributed by atoms with Crippen LogP contribution >= 0.6 is 45.2 Å². The minimum absolute atomic E-state index is 0.0207. The molecular weight excluding hydrogens is 506 g/mol. The SMILES string of the molecule is CC(I)C(=O)Oc1cc(OC(=O)C(C)I)cc(C(=O)O)c1. The van der Waals surface area contributed by atoms with Gasteiger partial charge in [-0.05, 0) is 26.0 Å². The molecule has 1 aromatic rings. The predicted molar refractivity (Wildman–Crippen MR) is 91.6 cm³/mol. The number of carbonyl (C=O) groups excluding carboxylic acids is 2. The van der Waals surface area contributed by atoms with Crippen LogP contribution in [0.3, 0.4) is 0 Å². The molecule has 6 nitrogen and oxygen atoms in total. The number of carboxylic acid groups (broad SMARTS) is 1. The molecule has 0 amide bonds. The average molecular weight is 518 g/mol. The summed E-state index contributed by atoms with van der Waals surface area (Å²) in [5.74, 6) is -2.20. The molecular formula is C13H12I2O6. The Morgan fingerprint density at radius 3 is 1.62 bits per heavy atom. The molecule has 0 aromatic heterocycles. The van der Waals surface area contributed by atoms with Crippen LogP contribution in [0.4, 0.5) is 0 Å². The number of esters is 2. The summed E-state index contributed by atoms with van der Waals surface area (Å²) in [4.78, 5) is 34.2. The molecule has 0 saturated carbocycles. The summed E-state index contributed by atoms with van der Waals surface area (Å²) in [6.45, 7) is 3.28. The second kappa shape index (κ2) is 7.92. The lowest BCUT2D eigenvalue weighted by molar-refractivity contribution is -0.133. The van der Waals surface area contributed by atoms with E-state index in [0.29, 0.717) is 0 Å². The van der Waals surface area contributed by atoms with Gasteiger partial charge in [-0.3, -0.25) is 9.59 Å². The summed E-state index contributed by atoms with van der Waals surface area (Å²) >= 11 is 3.75. The molecule has 0 spiro atoms. The van der Waals surface area contributed by atoms with Crippen molar-refractivity contribution in [2.75, 3.05) is 0 Å². The van der Waals surface area contributed by atoms with E-state index in [-0.39, 0.29) is 17.1 Å². The maximum absolute atomic E-state index is 11.5. The van der Waals surface area contributed by atoms with E-state index in [0.717, 1.165) is 0 Å². The van der Waals surface area contributed by atoms with Gasteiger partial charge in [0.15, 0.2) is 0 Å². The van der Waals surface area contributed by atoms with Crippen LogP contribution < -0.4 is 9.47 Å². The lowest BCUT2D eigenvalue weighted by atomic mass is 10.2. The Balaban J connectivity index is 3.08. The summed E-state index contributed by atoms with van der Waals surface area (Å²) in [5, 5.41) is 9.04. The number of ether oxygens (including phenoxy) is 2. The van der Waals surface area contributed by atoms with Gasteiger partial charge in [-0.15, -0.1) is 0 Å². The normalized spacial score (nSPS) is 13.1. The van der Waals surface area contributed by atoms with Crippen molar-refractivity contribution in [3.63, 3.8) is 0 Å². The van der Waals surface area contributed by atoms with Gasteiger partial charge in [0.2, 0.25) is 0 Å². The van der Waals surface area contributed by atoms with E-state index in [1.807, 2.05) is 45.2 Å². The van der Waals surface area contributed by atoms with Crippen LogP contribution in [-0.4, -0.2) is 30.9 Å². The smallest absolute Gasteiger partial charge is 0.335 e. The van der Waals surface area contributed by atoms with E-state index < -0.39 is 25.8 Å². The number of hydrogen-bond acceptors (Lipinski definition) is 5. The molecule has 0 saturated heterocycles. The van der Waals surface area contributed by atoms with Gasteiger partial charge in [0, 0.05) is 6.07 Å². The molecule has 1 rings (SSSR count). The molecule has 0 radical (unpaired) electrons. The molecule has 0 aliphatic carbocycles. The van der Waals surface area contributed by atoms with Gasteiger partial charge in [-0.2, -0.15) is 0 Å². The predicted octanol–water partition coefficient (Wildman–Crippen LogP) is 2.84. The quantitative estimate of drug-likeness (QED) is 0.279. The number of carbonyl (C=O) groups is 3. The summed E-state index contributed by atoms with van der Waals surface area (Å²) in [6.07, 6.45) is 0. The minimum Gasteiger partial charge on any atom is -0.478 e. The van der Waals surface area contributed by atoms with Gasteiger partial charge < -0.3 is 14.6 Å². The summed E-state index contributed by atoms with van der Waals surface area (Å²) in [5.41, 5.74) is -0.134. The molecule has 0 aliphatic heterocycles. The van der Waals surface area contributed by atoms with Crippen LogP contribution in [0.1, 0.15) is 24.2 Å². The first-order chi connectivity index (χ1) is 9.70. The zero-order valence-electron chi connectivity index (χ0n) is 11.1. The van der Waals surface area contributed by atoms with E-state index in [2.05, 4.69) is 0 Å².